The zero-order valence-electron chi connectivity index (χ0n) is 17.8. The first kappa shape index (κ1) is 20.6. The standard InChI is InChI=1S/C23H26BF2IN2/c1-7-19-13(3)22-21(17-9-11-18(27)12-10-17)23-14(4)20(8-2)16(6)29(23)24(25,26)28(22)15(19)5/h9-12H,7-8H2,1-6H3. The number of rotatable bonds is 3. The van der Waals surface area contributed by atoms with Gasteiger partial charge in [0.2, 0.25) is 0 Å². The second-order valence-electron chi connectivity index (χ2n) is 7.99. The van der Waals surface area contributed by atoms with E-state index in [1.165, 1.54) is 8.96 Å². The fraction of sp³-hybridized carbons (Fsp3) is 0.348. The molecule has 0 unspecified atom stereocenters. The number of nitrogens with zero attached hydrogens (tertiary/aromatic N) is 2. The van der Waals surface area contributed by atoms with E-state index in [0.29, 0.717) is 22.8 Å². The molecule has 0 amide bonds. The zero-order valence-corrected chi connectivity index (χ0v) is 20.0. The van der Waals surface area contributed by atoms with Crippen LogP contribution in [0.4, 0.5) is 8.63 Å². The SMILES string of the molecule is CCC1=C(C)C2=C(c3ccc(I)cc3)c3c(C)c(CC)c(C)n3[B-](F)(F)[N+]2=C1C. The minimum atomic E-state index is -3.95. The van der Waals surface area contributed by atoms with Crippen LogP contribution in [0.2, 0.25) is 0 Å². The summed E-state index contributed by atoms with van der Waals surface area (Å²) in [6.07, 6.45) is 1.49. The molecule has 0 saturated heterocycles. The Morgan fingerprint density at radius 1 is 1.00 bits per heavy atom. The van der Waals surface area contributed by atoms with Crippen LogP contribution in [0.25, 0.3) is 5.57 Å². The van der Waals surface area contributed by atoms with Crippen molar-refractivity contribution in [3.05, 3.63) is 72.8 Å². The Morgan fingerprint density at radius 3 is 2.17 bits per heavy atom. The zero-order chi connectivity index (χ0) is 21.2. The Balaban J connectivity index is 2.22. The van der Waals surface area contributed by atoms with Crippen molar-refractivity contribution < 1.29 is 13.1 Å². The molecule has 2 aliphatic heterocycles. The highest BCUT2D eigenvalue weighted by molar-refractivity contribution is 14.1. The van der Waals surface area contributed by atoms with Crippen LogP contribution in [0.15, 0.2) is 41.1 Å². The van der Waals surface area contributed by atoms with Crippen molar-refractivity contribution >= 4 is 40.8 Å². The summed E-state index contributed by atoms with van der Waals surface area (Å²) in [6, 6.07) is 8.21. The van der Waals surface area contributed by atoms with E-state index in [4.69, 9.17) is 0 Å². The maximum atomic E-state index is 16.1. The van der Waals surface area contributed by atoms with Gasteiger partial charge in [0.05, 0.1) is 5.57 Å². The lowest BCUT2D eigenvalue weighted by Crippen LogP contribution is -2.51. The van der Waals surface area contributed by atoms with Gasteiger partial charge in [0.25, 0.3) is 0 Å². The predicted molar refractivity (Wildman–Crippen MR) is 126 cm³/mol. The van der Waals surface area contributed by atoms with Gasteiger partial charge in [-0.1, -0.05) is 26.0 Å². The van der Waals surface area contributed by atoms with Gasteiger partial charge in [-0.2, -0.15) is 0 Å². The van der Waals surface area contributed by atoms with Gasteiger partial charge in [-0.15, -0.1) is 0 Å². The normalized spacial score (nSPS) is 18.0. The molecule has 29 heavy (non-hydrogen) atoms. The first-order valence-electron chi connectivity index (χ1n) is 10.2. The number of aromatic nitrogens is 1. The molecule has 2 aliphatic rings. The van der Waals surface area contributed by atoms with Crippen LogP contribution in [0, 0.1) is 17.4 Å². The number of hydrogen-bond acceptors (Lipinski definition) is 0. The summed E-state index contributed by atoms with van der Waals surface area (Å²) in [5, 5.41) is 0. The summed E-state index contributed by atoms with van der Waals surface area (Å²) in [6.45, 7) is 7.82. The lowest BCUT2D eigenvalue weighted by atomic mass is 9.83. The second kappa shape index (κ2) is 6.93. The van der Waals surface area contributed by atoms with E-state index < -0.39 is 6.97 Å². The number of allylic oxidation sites excluding steroid dienone is 2. The lowest BCUT2D eigenvalue weighted by Gasteiger charge is -2.34. The molecule has 0 fully saturated rings. The first-order valence-corrected chi connectivity index (χ1v) is 11.3. The van der Waals surface area contributed by atoms with E-state index in [2.05, 4.69) is 34.7 Å². The molecule has 2 aromatic rings. The molecule has 1 aromatic carbocycles. The van der Waals surface area contributed by atoms with Gasteiger partial charge in [0.15, 0.2) is 5.70 Å². The predicted octanol–water partition coefficient (Wildman–Crippen LogP) is 6.48. The maximum absolute atomic E-state index is 16.1. The largest absolute Gasteiger partial charge is 0.737 e. The van der Waals surface area contributed by atoms with Gasteiger partial charge < -0.3 is 17.6 Å². The molecule has 0 radical (unpaired) electrons. The molecule has 1 aromatic heterocycles. The third-order valence-electron chi connectivity index (χ3n) is 6.63. The molecule has 152 valence electrons. The van der Waals surface area contributed by atoms with Gasteiger partial charge in [0, 0.05) is 27.3 Å². The highest BCUT2D eigenvalue weighted by Gasteiger charge is 2.56. The highest BCUT2D eigenvalue weighted by atomic mass is 127. The summed E-state index contributed by atoms with van der Waals surface area (Å²) in [7, 11) is 0. The van der Waals surface area contributed by atoms with Crippen LogP contribution in [-0.4, -0.2) is 21.6 Å². The molecular weight excluding hydrogens is 480 g/mol. The molecule has 3 heterocycles. The Kier molecular flexibility index (Phi) is 4.92. The topological polar surface area (TPSA) is 7.94 Å². The van der Waals surface area contributed by atoms with E-state index in [0.717, 1.165) is 49.8 Å². The van der Waals surface area contributed by atoms with Crippen LogP contribution in [0.5, 0.6) is 0 Å². The van der Waals surface area contributed by atoms with Gasteiger partial charge >= 0.3 is 6.97 Å². The number of hydrogen-bond donors (Lipinski definition) is 0. The number of benzene rings is 1. The fourth-order valence-corrected chi connectivity index (χ4v) is 5.73. The van der Waals surface area contributed by atoms with E-state index >= 15 is 8.63 Å². The van der Waals surface area contributed by atoms with Crippen molar-refractivity contribution in [3.63, 3.8) is 0 Å². The van der Waals surface area contributed by atoms with E-state index in [9.17, 15) is 0 Å². The fourth-order valence-electron chi connectivity index (χ4n) is 5.37. The third-order valence-corrected chi connectivity index (χ3v) is 7.35. The molecule has 0 aliphatic carbocycles. The summed E-state index contributed by atoms with van der Waals surface area (Å²) in [5.74, 6) is 0. The molecule has 0 atom stereocenters. The maximum Gasteiger partial charge on any atom is 0.737 e. The van der Waals surface area contributed by atoms with E-state index in [-0.39, 0.29) is 0 Å². The molecule has 0 spiro atoms. The number of halogens is 3. The molecule has 4 rings (SSSR count). The van der Waals surface area contributed by atoms with Gasteiger partial charge in [-0.25, -0.2) is 0 Å². The molecular formula is C23H26BF2IN2. The molecule has 0 N–H and O–H groups in total. The average molecular weight is 506 g/mol. The molecule has 6 heteroatoms. The van der Waals surface area contributed by atoms with Crippen LogP contribution >= 0.6 is 22.6 Å². The van der Waals surface area contributed by atoms with Crippen molar-refractivity contribution in [2.45, 2.75) is 54.4 Å². The van der Waals surface area contributed by atoms with Crippen molar-refractivity contribution in [1.82, 2.24) is 4.48 Å². The van der Waals surface area contributed by atoms with Crippen molar-refractivity contribution in [2.24, 2.45) is 0 Å². The quantitative estimate of drug-likeness (QED) is 0.333. The Bertz CT molecular complexity index is 1130. The Hall–Kier alpha value is -1.70. The van der Waals surface area contributed by atoms with Gasteiger partial charge in [-0.05, 0) is 90.7 Å². The Morgan fingerprint density at radius 2 is 1.62 bits per heavy atom. The van der Waals surface area contributed by atoms with Crippen LogP contribution in [0.1, 0.15) is 62.2 Å². The van der Waals surface area contributed by atoms with Crippen molar-refractivity contribution in [2.75, 3.05) is 0 Å². The Labute approximate surface area is 185 Å². The van der Waals surface area contributed by atoms with Gasteiger partial charge in [-0.3, -0.25) is 0 Å². The minimum absolute atomic E-state index is 0.682. The number of fused-ring (bicyclic) bond motifs is 2. The summed E-state index contributed by atoms with van der Waals surface area (Å²) < 4.78 is 36.0. The first-order chi connectivity index (χ1) is 13.7. The second-order valence-corrected chi connectivity index (χ2v) is 9.24. The summed E-state index contributed by atoms with van der Waals surface area (Å²) in [4.78, 5) is 0. The van der Waals surface area contributed by atoms with E-state index in [1.54, 1.807) is 0 Å². The summed E-state index contributed by atoms with van der Waals surface area (Å²) in [5.41, 5.74) is 8.65. The monoisotopic (exact) mass is 506 g/mol. The third kappa shape index (κ3) is 2.67. The average Bonchev–Trinajstić information content (AvgIpc) is 3.08. The molecule has 0 saturated carbocycles. The molecule has 2 nitrogen and oxygen atoms in total. The van der Waals surface area contributed by atoms with Crippen LogP contribution in [0.3, 0.4) is 0 Å². The van der Waals surface area contributed by atoms with Crippen LogP contribution < -0.4 is 0 Å². The minimum Gasteiger partial charge on any atom is -0.393 e. The summed E-state index contributed by atoms with van der Waals surface area (Å²) >= 11 is 2.28. The van der Waals surface area contributed by atoms with Crippen molar-refractivity contribution in [1.29, 1.82) is 0 Å². The van der Waals surface area contributed by atoms with Gasteiger partial charge in [0.1, 0.15) is 5.71 Å². The highest BCUT2D eigenvalue weighted by Crippen LogP contribution is 2.47. The van der Waals surface area contributed by atoms with E-state index in [1.807, 2.05) is 53.7 Å². The van der Waals surface area contributed by atoms with Crippen molar-refractivity contribution in [3.8, 4) is 0 Å². The lowest BCUT2D eigenvalue weighted by molar-refractivity contribution is -0.363. The molecule has 0 bridgehead atoms. The smallest absolute Gasteiger partial charge is 0.393 e. The van der Waals surface area contributed by atoms with Crippen LogP contribution in [-0.2, 0) is 6.42 Å².